The number of sulfone groups is 1. The minimum Gasteiger partial charge on any atom is -0.302 e. The summed E-state index contributed by atoms with van der Waals surface area (Å²) in [6, 6.07) is 8.27. The van der Waals surface area contributed by atoms with Crippen LogP contribution in [0.5, 0.6) is 0 Å². The van der Waals surface area contributed by atoms with E-state index in [4.69, 9.17) is 5.26 Å². The third-order valence-electron chi connectivity index (χ3n) is 4.69. The molecule has 0 saturated carbocycles. The summed E-state index contributed by atoms with van der Waals surface area (Å²) < 4.78 is 24.8. The van der Waals surface area contributed by atoms with Gasteiger partial charge >= 0.3 is 0 Å². The molecule has 0 unspecified atom stereocenters. The van der Waals surface area contributed by atoms with Crippen LogP contribution in [0.2, 0.25) is 0 Å². The van der Waals surface area contributed by atoms with Gasteiger partial charge in [-0.05, 0) is 42.9 Å². The smallest absolute Gasteiger partial charge is 0.179 e. The van der Waals surface area contributed by atoms with Crippen molar-refractivity contribution >= 4 is 9.84 Å². The highest BCUT2D eigenvalue weighted by Gasteiger charge is 2.33. The second kappa shape index (κ2) is 6.23. The summed E-state index contributed by atoms with van der Waals surface area (Å²) in [6.07, 6.45) is 6.74. The quantitative estimate of drug-likeness (QED) is 0.799. The van der Waals surface area contributed by atoms with Crippen LogP contribution < -0.4 is 0 Å². The summed E-state index contributed by atoms with van der Waals surface area (Å²) in [5.41, 5.74) is 0.388. The minimum absolute atomic E-state index is 0.120. The summed E-state index contributed by atoms with van der Waals surface area (Å²) in [6.45, 7) is 2.58. The van der Waals surface area contributed by atoms with Gasteiger partial charge in [0, 0.05) is 19.6 Å². The Bertz CT molecular complexity index is 702. The van der Waals surface area contributed by atoms with E-state index >= 15 is 0 Å². The molecule has 1 fully saturated rings. The maximum Gasteiger partial charge on any atom is 0.179 e. The van der Waals surface area contributed by atoms with E-state index in [-0.39, 0.29) is 10.6 Å². The highest BCUT2D eigenvalue weighted by atomic mass is 32.2. The molecule has 2 atom stereocenters. The third-order valence-corrected chi connectivity index (χ3v) is 6.39. The first-order valence-electron chi connectivity index (χ1n) is 7.69. The Kier molecular flexibility index (Phi) is 4.32. The van der Waals surface area contributed by atoms with Gasteiger partial charge < -0.3 is 4.90 Å². The van der Waals surface area contributed by atoms with Crippen LogP contribution in [0, 0.1) is 23.2 Å². The van der Waals surface area contributed by atoms with Crippen LogP contribution in [0.1, 0.15) is 18.4 Å². The number of fused-ring (bicyclic) bond motifs is 1. The van der Waals surface area contributed by atoms with Gasteiger partial charge in [-0.25, -0.2) is 8.42 Å². The average Bonchev–Trinajstić information content (AvgIpc) is 2.96. The van der Waals surface area contributed by atoms with Gasteiger partial charge in [-0.1, -0.05) is 18.2 Å². The van der Waals surface area contributed by atoms with E-state index in [0.29, 0.717) is 23.9 Å². The summed E-state index contributed by atoms with van der Waals surface area (Å²) in [5, 5.41) is 8.89. The summed E-state index contributed by atoms with van der Waals surface area (Å²) >= 11 is 0. The monoisotopic (exact) mass is 316 g/mol. The maximum atomic E-state index is 12.4. The molecule has 0 amide bonds. The van der Waals surface area contributed by atoms with Crippen LogP contribution in [-0.4, -0.2) is 38.7 Å². The Hall–Kier alpha value is -1.64. The molecule has 4 nitrogen and oxygen atoms in total. The SMILES string of the molecule is N#Cc1cccc(S(=O)(=O)CCN2C[C@@H]3CC=CC[C@H]3C2)c1. The maximum absolute atomic E-state index is 12.4. The number of allylic oxidation sites excluding steroid dienone is 2. The molecule has 5 heteroatoms. The Morgan fingerprint density at radius 1 is 1.18 bits per heavy atom. The van der Waals surface area contributed by atoms with Crippen LogP contribution in [0.3, 0.4) is 0 Å². The van der Waals surface area contributed by atoms with Gasteiger partial charge in [0.05, 0.1) is 22.3 Å². The fraction of sp³-hybridized carbons (Fsp3) is 0.471. The summed E-state index contributed by atoms with van der Waals surface area (Å²) in [7, 11) is -3.32. The molecule has 1 aliphatic carbocycles. The second-order valence-electron chi connectivity index (χ2n) is 6.18. The van der Waals surface area contributed by atoms with Gasteiger partial charge in [0.25, 0.3) is 0 Å². The molecule has 1 aliphatic heterocycles. The lowest BCUT2D eigenvalue weighted by Gasteiger charge is -2.18. The first kappa shape index (κ1) is 15.3. The molecule has 3 rings (SSSR count). The average molecular weight is 316 g/mol. The van der Waals surface area contributed by atoms with Crippen LogP contribution in [0.4, 0.5) is 0 Å². The number of hydrogen-bond acceptors (Lipinski definition) is 4. The van der Waals surface area contributed by atoms with Crippen molar-refractivity contribution in [3.8, 4) is 6.07 Å². The standard InChI is InChI=1S/C17H20N2O2S/c18-11-14-4-3-7-17(10-14)22(20,21)9-8-19-12-15-5-1-2-6-16(15)13-19/h1-4,7,10,15-16H,5-6,8-9,12-13H2/t15-,16-/m0/s1. The molecule has 1 aromatic rings. The topological polar surface area (TPSA) is 61.2 Å². The largest absolute Gasteiger partial charge is 0.302 e. The molecular weight excluding hydrogens is 296 g/mol. The number of hydrogen-bond donors (Lipinski definition) is 0. The molecule has 1 aromatic carbocycles. The Morgan fingerprint density at radius 2 is 1.86 bits per heavy atom. The lowest BCUT2D eigenvalue weighted by atomic mass is 9.86. The number of rotatable bonds is 4. The number of nitriles is 1. The number of nitrogens with zero attached hydrogens (tertiary/aromatic N) is 2. The van der Waals surface area contributed by atoms with E-state index in [9.17, 15) is 8.42 Å². The van der Waals surface area contributed by atoms with Gasteiger partial charge in [0.15, 0.2) is 9.84 Å². The fourth-order valence-electron chi connectivity index (χ4n) is 3.42. The molecule has 1 saturated heterocycles. The zero-order valence-electron chi connectivity index (χ0n) is 12.5. The highest BCUT2D eigenvalue weighted by Crippen LogP contribution is 2.32. The molecule has 0 spiro atoms. The summed E-state index contributed by atoms with van der Waals surface area (Å²) in [4.78, 5) is 2.53. The second-order valence-corrected chi connectivity index (χ2v) is 8.29. The van der Waals surface area contributed by atoms with Gasteiger partial charge in [0.2, 0.25) is 0 Å². The molecule has 0 aromatic heterocycles. The molecule has 2 aliphatic rings. The zero-order chi connectivity index (χ0) is 15.6. The molecule has 0 bridgehead atoms. The van der Waals surface area contributed by atoms with E-state index in [2.05, 4.69) is 17.1 Å². The van der Waals surface area contributed by atoms with Crippen LogP contribution in [0.25, 0.3) is 0 Å². The Balaban J connectivity index is 1.62. The van der Waals surface area contributed by atoms with Crippen LogP contribution in [0.15, 0.2) is 41.3 Å². The van der Waals surface area contributed by atoms with Gasteiger partial charge in [-0.3, -0.25) is 0 Å². The van der Waals surface area contributed by atoms with E-state index in [1.807, 2.05) is 6.07 Å². The lowest BCUT2D eigenvalue weighted by molar-refractivity contribution is 0.340. The van der Waals surface area contributed by atoms with Crippen molar-refractivity contribution in [1.29, 1.82) is 5.26 Å². The predicted molar refractivity (Wildman–Crippen MR) is 85.0 cm³/mol. The number of likely N-dealkylation sites (tertiary alicyclic amines) is 1. The molecule has 1 heterocycles. The van der Waals surface area contributed by atoms with Crippen LogP contribution in [-0.2, 0) is 9.84 Å². The lowest BCUT2D eigenvalue weighted by Crippen LogP contribution is -2.27. The highest BCUT2D eigenvalue weighted by molar-refractivity contribution is 7.91. The molecule has 22 heavy (non-hydrogen) atoms. The van der Waals surface area contributed by atoms with Gasteiger partial charge in [-0.2, -0.15) is 5.26 Å². The minimum atomic E-state index is -3.32. The fourth-order valence-corrected chi connectivity index (χ4v) is 4.75. The van der Waals surface area contributed by atoms with E-state index in [0.717, 1.165) is 25.9 Å². The predicted octanol–water partition coefficient (Wildman–Crippen LogP) is 2.23. The molecule has 0 N–H and O–H groups in total. The first-order chi connectivity index (χ1) is 10.6. The molecule has 0 radical (unpaired) electrons. The number of benzene rings is 1. The van der Waals surface area contributed by atoms with Crippen molar-refractivity contribution in [3.05, 3.63) is 42.0 Å². The van der Waals surface area contributed by atoms with Gasteiger partial charge in [-0.15, -0.1) is 0 Å². The van der Waals surface area contributed by atoms with Gasteiger partial charge in [0.1, 0.15) is 0 Å². The third kappa shape index (κ3) is 3.23. The first-order valence-corrected chi connectivity index (χ1v) is 9.34. The zero-order valence-corrected chi connectivity index (χ0v) is 13.3. The Morgan fingerprint density at radius 3 is 2.50 bits per heavy atom. The van der Waals surface area contributed by atoms with Crippen LogP contribution >= 0.6 is 0 Å². The Labute approximate surface area is 132 Å². The van der Waals surface area contributed by atoms with Crippen molar-refractivity contribution in [2.75, 3.05) is 25.4 Å². The van der Waals surface area contributed by atoms with E-state index < -0.39 is 9.84 Å². The van der Waals surface area contributed by atoms with Crippen molar-refractivity contribution in [1.82, 2.24) is 4.90 Å². The normalized spacial score (nSPS) is 24.9. The van der Waals surface area contributed by atoms with E-state index in [1.54, 1.807) is 18.2 Å². The molecule has 116 valence electrons. The van der Waals surface area contributed by atoms with Crippen molar-refractivity contribution in [2.45, 2.75) is 17.7 Å². The van der Waals surface area contributed by atoms with E-state index in [1.165, 1.54) is 6.07 Å². The van der Waals surface area contributed by atoms with Crippen molar-refractivity contribution < 1.29 is 8.42 Å². The molecular formula is C17H20N2O2S. The summed E-state index contributed by atoms with van der Waals surface area (Å²) in [5.74, 6) is 1.50. The van der Waals surface area contributed by atoms with Crippen molar-refractivity contribution in [3.63, 3.8) is 0 Å². The van der Waals surface area contributed by atoms with Crippen molar-refractivity contribution in [2.24, 2.45) is 11.8 Å².